The zero-order chi connectivity index (χ0) is 8.97. The molecule has 0 atom stereocenters. The third-order valence-electron chi connectivity index (χ3n) is 1.99. The number of hydrogen-bond donors (Lipinski definition) is 1. The van der Waals surface area contributed by atoms with E-state index in [1.54, 1.807) is 6.20 Å². The van der Waals surface area contributed by atoms with E-state index in [1.807, 2.05) is 4.68 Å². The Hall–Kier alpha value is -0.830. The number of nitrogens with zero attached hydrogens (tertiary/aromatic N) is 2. The van der Waals surface area contributed by atoms with Crippen LogP contribution in [-0.2, 0) is 19.6 Å². The van der Waals surface area contributed by atoms with Gasteiger partial charge < -0.3 is 5.11 Å². The molecule has 1 rings (SSSR count). The number of aromatic nitrogens is 2. The van der Waals surface area contributed by atoms with Crippen molar-refractivity contribution >= 4 is 0 Å². The topological polar surface area (TPSA) is 38.1 Å². The van der Waals surface area contributed by atoms with Gasteiger partial charge in [0.25, 0.3) is 0 Å². The van der Waals surface area contributed by atoms with Crippen LogP contribution < -0.4 is 0 Å². The van der Waals surface area contributed by atoms with Crippen LogP contribution in [0.25, 0.3) is 0 Å². The van der Waals surface area contributed by atoms with Crippen molar-refractivity contribution in [3.63, 3.8) is 0 Å². The molecule has 3 nitrogen and oxygen atoms in total. The summed E-state index contributed by atoms with van der Waals surface area (Å²) in [6, 6.07) is 0. The molecule has 0 aliphatic rings. The van der Waals surface area contributed by atoms with Crippen LogP contribution >= 0.6 is 0 Å². The monoisotopic (exact) mass is 168 g/mol. The van der Waals surface area contributed by atoms with Crippen LogP contribution in [0.4, 0.5) is 0 Å². The fraction of sp³-hybridized carbons (Fsp3) is 0.667. The molecule has 1 aromatic heterocycles. The van der Waals surface area contributed by atoms with Crippen molar-refractivity contribution in [2.45, 2.75) is 39.8 Å². The maximum atomic E-state index is 9.00. The van der Waals surface area contributed by atoms with Crippen molar-refractivity contribution in [1.82, 2.24) is 9.78 Å². The minimum atomic E-state index is 0.106. The average molecular weight is 168 g/mol. The highest BCUT2D eigenvalue weighted by Gasteiger charge is 2.06. The second kappa shape index (κ2) is 4.26. The fourth-order valence-corrected chi connectivity index (χ4v) is 1.38. The highest BCUT2D eigenvalue weighted by atomic mass is 16.3. The van der Waals surface area contributed by atoms with Crippen molar-refractivity contribution < 1.29 is 5.11 Å². The number of aryl methyl sites for hydroxylation is 1. The fourth-order valence-electron chi connectivity index (χ4n) is 1.38. The molecule has 0 radical (unpaired) electrons. The van der Waals surface area contributed by atoms with Gasteiger partial charge in [-0.15, -0.1) is 0 Å². The molecule has 0 spiro atoms. The first-order valence-corrected chi connectivity index (χ1v) is 4.47. The number of aliphatic hydroxyl groups is 1. The Morgan fingerprint density at radius 3 is 2.75 bits per heavy atom. The molecule has 0 unspecified atom stereocenters. The first-order valence-electron chi connectivity index (χ1n) is 4.47. The van der Waals surface area contributed by atoms with Gasteiger partial charge in [-0.3, -0.25) is 4.68 Å². The molecule has 1 N–H and O–H groups in total. The van der Waals surface area contributed by atoms with Crippen molar-refractivity contribution in [2.75, 3.05) is 0 Å². The second-order valence-corrected chi connectivity index (χ2v) is 2.84. The van der Waals surface area contributed by atoms with Crippen molar-refractivity contribution in [3.05, 3.63) is 17.5 Å². The summed E-state index contributed by atoms with van der Waals surface area (Å²) < 4.78 is 1.95. The number of rotatable bonds is 4. The van der Waals surface area contributed by atoms with Gasteiger partial charge in [-0.2, -0.15) is 5.10 Å². The van der Waals surface area contributed by atoms with Crippen LogP contribution in [0, 0.1) is 0 Å². The van der Waals surface area contributed by atoms with Crippen LogP contribution in [0.1, 0.15) is 31.5 Å². The van der Waals surface area contributed by atoms with E-state index in [0.29, 0.717) is 0 Å². The van der Waals surface area contributed by atoms with Crippen molar-refractivity contribution in [1.29, 1.82) is 0 Å². The summed E-state index contributed by atoms with van der Waals surface area (Å²) >= 11 is 0. The lowest BCUT2D eigenvalue weighted by Crippen LogP contribution is -2.03. The van der Waals surface area contributed by atoms with Crippen molar-refractivity contribution in [3.8, 4) is 0 Å². The molecule has 0 fully saturated rings. The Labute approximate surface area is 73.0 Å². The smallest absolute Gasteiger partial charge is 0.0715 e. The maximum Gasteiger partial charge on any atom is 0.0715 e. The van der Waals surface area contributed by atoms with Gasteiger partial charge in [0, 0.05) is 17.8 Å². The quantitative estimate of drug-likeness (QED) is 0.737. The summed E-state index contributed by atoms with van der Waals surface area (Å²) in [6.07, 6.45) is 3.86. The maximum absolute atomic E-state index is 9.00. The van der Waals surface area contributed by atoms with Gasteiger partial charge in [0.15, 0.2) is 0 Å². The molecule has 0 aliphatic carbocycles. The predicted octanol–water partition coefficient (Wildman–Crippen LogP) is 1.35. The van der Waals surface area contributed by atoms with E-state index < -0.39 is 0 Å². The van der Waals surface area contributed by atoms with Crippen LogP contribution in [0.2, 0.25) is 0 Å². The van der Waals surface area contributed by atoms with Gasteiger partial charge in [0.05, 0.1) is 12.8 Å². The number of aliphatic hydroxyl groups excluding tert-OH is 1. The Morgan fingerprint density at radius 1 is 1.50 bits per heavy atom. The summed E-state index contributed by atoms with van der Waals surface area (Å²) in [5.41, 5.74) is 2.15. The lowest BCUT2D eigenvalue weighted by Gasteiger charge is -2.04. The Morgan fingerprint density at radius 2 is 2.25 bits per heavy atom. The molecule has 1 aromatic rings. The Kier molecular flexibility index (Phi) is 3.29. The first kappa shape index (κ1) is 9.26. The average Bonchev–Trinajstić information content (AvgIpc) is 2.48. The van der Waals surface area contributed by atoms with E-state index in [0.717, 1.165) is 24.9 Å². The molecule has 1 heterocycles. The van der Waals surface area contributed by atoms with Crippen LogP contribution in [-0.4, -0.2) is 14.9 Å². The van der Waals surface area contributed by atoms with Gasteiger partial charge in [0.1, 0.15) is 0 Å². The Bertz CT molecular complexity index is 221. The molecule has 0 aromatic carbocycles. The van der Waals surface area contributed by atoms with E-state index >= 15 is 0 Å². The van der Waals surface area contributed by atoms with Crippen LogP contribution in [0.15, 0.2) is 6.20 Å². The third kappa shape index (κ3) is 1.67. The van der Waals surface area contributed by atoms with Gasteiger partial charge in [-0.1, -0.05) is 13.3 Å². The molecule has 0 saturated heterocycles. The SMILES string of the molecule is CCCc1c(CO)cnn1CC. The van der Waals surface area contributed by atoms with E-state index in [-0.39, 0.29) is 6.61 Å². The van der Waals surface area contributed by atoms with E-state index in [9.17, 15) is 0 Å². The molecular weight excluding hydrogens is 152 g/mol. The zero-order valence-electron chi connectivity index (χ0n) is 7.75. The van der Waals surface area contributed by atoms with Crippen molar-refractivity contribution in [2.24, 2.45) is 0 Å². The van der Waals surface area contributed by atoms with E-state index in [1.165, 1.54) is 5.69 Å². The summed E-state index contributed by atoms with van der Waals surface area (Å²) in [6.45, 7) is 5.19. The summed E-state index contributed by atoms with van der Waals surface area (Å²) in [5.74, 6) is 0. The second-order valence-electron chi connectivity index (χ2n) is 2.84. The third-order valence-corrected chi connectivity index (χ3v) is 1.99. The summed E-state index contributed by atoms with van der Waals surface area (Å²) in [5, 5.41) is 13.2. The lowest BCUT2D eigenvalue weighted by atomic mass is 10.2. The molecule has 68 valence electrons. The highest BCUT2D eigenvalue weighted by Crippen LogP contribution is 2.10. The zero-order valence-corrected chi connectivity index (χ0v) is 7.75. The molecule has 12 heavy (non-hydrogen) atoms. The Balaban J connectivity index is 2.90. The van der Waals surface area contributed by atoms with Gasteiger partial charge in [-0.05, 0) is 13.3 Å². The molecule has 0 amide bonds. The van der Waals surface area contributed by atoms with Gasteiger partial charge in [0.2, 0.25) is 0 Å². The van der Waals surface area contributed by atoms with Crippen LogP contribution in [0.5, 0.6) is 0 Å². The molecule has 0 aliphatic heterocycles. The normalized spacial score (nSPS) is 10.6. The van der Waals surface area contributed by atoms with E-state index in [2.05, 4.69) is 18.9 Å². The molecule has 0 bridgehead atoms. The minimum Gasteiger partial charge on any atom is -0.392 e. The summed E-state index contributed by atoms with van der Waals surface area (Å²) in [7, 11) is 0. The standard InChI is InChI=1S/C9H16N2O/c1-3-5-9-8(7-12)6-10-11(9)4-2/h6,12H,3-5,7H2,1-2H3. The van der Waals surface area contributed by atoms with E-state index in [4.69, 9.17) is 5.11 Å². The molecular formula is C9H16N2O. The minimum absolute atomic E-state index is 0.106. The largest absolute Gasteiger partial charge is 0.392 e. The molecule has 3 heteroatoms. The summed E-state index contributed by atoms with van der Waals surface area (Å²) in [4.78, 5) is 0. The first-order chi connectivity index (χ1) is 5.83. The van der Waals surface area contributed by atoms with Gasteiger partial charge in [-0.25, -0.2) is 0 Å². The molecule has 0 saturated carbocycles. The lowest BCUT2D eigenvalue weighted by molar-refractivity contribution is 0.280. The number of hydrogen-bond acceptors (Lipinski definition) is 2. The van der Waals surface area contributed by atoms with Gasteiger partial charge >= 0.3 is 0 Å². The predicted molar refractivity (Wildman–Crippen MR) is 47.8 cm³/mol. The van der Waals surface area contributed by atoms with Crippen LogP contribution in [0.3, 0.4) is 0 Å². The highest BCUT2D eigenvalue weighted by molar-refractivity contribution is 5.16.